The fraction of sp³-hybridized carbons (Fsp3) is 0.733. The van der Waals surface area contributed by atoms with Crippen molar-refractivity contribution in [1.29, 1.82) is 0 Å². The Bertz CT molecular complexity index is 403. The third-order valence-corrected chi connectivity index (χ3v) is 4.01. The van der Waals surface area contributed by atoms with Crippen LogP contribution in [-0.4, -0.2) is 46.8 Å². The van der Waals surface area contributed by atoms with Gasteiger partial charge in [-0.15, -0.1) is 0 Å². The van der Waals surface area contributed by atoms with E-state index in [2.05, 4.69) is 6.58 Å². The molecule has 0 aliphatic carbocycles. The molecule has 0 spiro atoms. The fourth-order valence-electron chi connectivity index (χ4n) is 3.20. The molecule has 2 fully saturated rings. The normalized spacial score (nSPS) is 27.8. The van der Waals surface area contributed by atoms with Crippen molar-refractivity contribution in [1.82, 2.24) is 9.80 Å². The van der Waals surface area contributed by atoms with Crippen molar-refractivity contribution in [2.24, 2.45) is 5.92 Å². The third-order valence-electron chi connectivity index (χ3n) is 4.01. The lowest BCUT2D eigenvalue weighted by molar-refractivity contribution is -0.165. The van der Waals surface area contributed by atoms with Gasteiger partial charge >= 0.3 is 0 Å². The molecule has 2 atom stereocenters. The molecule has 2 aliphatic heterocycles. The van der Waals surface area contributed by atoms with Crippen LogP contribution in [0.3, 0.4) is 0 Å². The van der Waals surface area contributed by atoms with Crippen LogP contribution in [0.2, 0.25) is 0 Å². The van der Waals surface area contributed by atoms with E-state index in [1.807, 2.05) is 25.7 Å². The maximum Gasteiger partial charge on any atom is 0.246 e. The van der Waals surface area contributed by atoms with E-state index >= 15 is 0 Å². The van der Waals surface area contributed by atoms with Gasteiger partial charge in [-0.2, -0.15) is 0 Å². The molecule has 2 unspecified atom stereocenters. The zero-order valence-corrected chi connectivity index (χ0v) is 12.2. The van der Waals surface area contributed by atoms with Crippen LogP contribution in [0.1, 0.15) is 40.0 Å². The highest BCUT2D eigenvalue weighted by molar-refractivity contribution is 5.97. The average molecular weight is 264 g/mol. The number of piperidine rings is 1. The summed E-state index contributed by atoms with van der Waals surface area (Å²) < 4.78 is 0. The van der Waals surface area contributed by atoms with Gasteiger partial charge in [0.2, 0.25) is 11.8 Å². The number of hydrogen-bond acceptors (Lipinski definition) is 2. The standard InChI is InChI=1S/C15H24N2O2/c1-10(2)9-17-13(11(3)4)15(19)16-8-6-5-7-12(16)14(17)18/h11-13H,1,5-9H2,2-4H3. The Balaban J connectivity index is 2.31. The van der Waals surface area contributed by atoms with E-state index in [0.29, 0.717) is 6.54 Å². The lowest BCUT2D eigenvalue weighted by Crippen LogP contribution is -2.67. The van der Waals surface area contributed by atoms with Gasteiger partial charge in [0.25, 0.3) is 0 Å². The van der Waals surface area contributed by atoms with Gasteiger partial charge in [-0.1, -0.05) is 26.0 Å². The zero-order valence-electron chi connectivity index (χ0n) is 12.2. The molecule has 4 heteroatoms. The van der Waals surface area contributed by atoms with Crippen LogP contribution in [0.5, 0.6) is 0 Å². The van der Waals surface area contributed by atoms with E-state index in [1.165, 1.54) is 0 Å². The van der Waals surface area contributed by atoms with Crippen molar-refractivity contribution in [3.8, 4) is 0 Å². The number of carbonyl (C=O) groups is 2. The summed E-state index contributed by atoms with van der Waals surface area (Å²) in [6, 6.07) is -0.547. The Morgan fingerprint density at radius 1 is 1.32 bits per heavy atom. The van der Waals surface area contributed by atoms with E-state index in [4.69, 9.17) is 0 Å². The summed E-state index contributed by atoms with van der Waals surface area (Å²) in [4.78, 5) is 28.9. The SMILES string of the molecule is C=C(C)CN1C(=O)C2CCCCN2C(=O)C1C(C)C. The Hall–Kier alpha value is -1.32. The summed E-state index contributed by atoms with van der Waals surface area (Å²) in [7, 11) is 0. The highest BCUT2D eigenvalue weighted by Gasteiger charge is 2.47. The number of rotatable bonds is 3. The average Bonchev–Trinajstić information content (AvgIpc) is 2.35. The minimum Gasteiger partial charge on any atom is -0.329 e. The van der Waals surface area contributed by atoms with Gasteiger partial charge < -0.3 is 9.80 Å². The van der Waals surface area contributed by atoms with Gasteiger partial charge in [0.1, 0.15) is 12.1 Å². The largest absolute Gasteiger partial charge is 0.329 e. The molecule has 0 N–H and O–H groups in total. The molecule has 2 rings (SSSR count). The van der Waals surface area contributed by atoms with Crippen molar-refractivity contribution in [2.75, 3.05) is 13.1 Å². The van der Waals surface area contributed by atoms with Crippen LogP contribution >= 0.6 is 0 Å². The molecule has 0 aromatic heterocycles. The molecule has 0 radical (unpaired) electrons. The lowest BCUT2D eigenvalue weighted by atomic mass is 9.90. The van der Waals surface area contributed by atoms with E-state index in [9.17, 15) is 9.59 Å². The quantitative estimate of drug-likeness (QED) is 0.729. The van der Waals surface area contributed by atoms with Gasteiger partial charge in [0, 0.05) is 13.1 Å². The van der Waals surface area contributed by atoms with Gasteiger partial charge in [0.15, 0.2) is 0 Å². The first-order chi connectivity index (χ1) is 8.93. The third kappa shape index (κ3) is 2.53. The Morgan fingerprint density at radius 2 is 2.00 bits per heavy atom. The molecular weight excluding hydrogens is 240 g/mol. The second kappa shape index (κ2) is 5.35. The molecule has 106 valence electrons. The van der Waals surface area contributed by atoms with E-state index < -0.39 is 0 Å². The monoisotopic (exact) mass is 264 g/mol. The molecule has 2 aliphatic rings. The first-order valence-corrected chi connectivity index (χ1v) is 7.19. The summed E-state index contributed by atoms with van der Waals surface area (Å²) in [6.07, 6.45) is 2.86. The number of hydrogen-bond donors (Lipinski definition) is 0. The molecule has 2 saturated heterocycles. The molecule has 2 amide bonds. The zero-order chi connectivity index (χ0) is 14.2. The highest BCUT2D eigenvalue weighted by atomic mass is 16.2. The van der Waals surface area contributed by atoms with Gasteiger partial charge in [0.05, 0.1) is 0 Å². The van der Waals surface area contributed by atoms with Gasteiger partial charge in [-0.05, 0) is 32.1 Å². The van der Waals surface area contributed by atoms with Crippen LogP contribution < -0.4 is 0 Å². The second-order valence-corrected chi connectivity index (χ2v) is 6.16. The molecule has 19 heavy (non-hydrogen) atoms. The highest BCUT2D eigenvalue weighted by Crippen LogP contribution is 2.29. The molecule has 0 aromatic carbocycles. The van der Waals surface area contributed by atoms with E-state index in [-0.39, 0.29) is 29.8 Å². The summed E-state index contributed by atoms with van der Waals surface area (Å²) >= 11 is 0. The van der Waals surface area contributed by atoms with Crippen molar-refractivity contribution in [2.45, 2.75) is 52.1 Å². The predicted molar refractivity (Wildman–Crippen MR) is 74.5 cm³/mol. The summed E-state index contributed by atoms with van der Waals surface area (Å²) in [5.74, 6) is 0.375. The summed E-state index contributed by atoms with van der Waals surface area (Å²) in [6.45, 7) is 11.0. The fourth-order valence-corrected chi connectivity index (χ4v) is 3.20. The van der Waals surface area contributed by atoms with Crippen molar-refractivity contribution >= 4 is 11.8 Å². The Labute approximate surface area is 115 Å². The van der Waals surface area contributed by atoms with E-state index in [0.717, 1.165) is 31.4 Å². The van der Waals surface area contributed by atoms with Crippen molar-refractivity contribution in [3.63, 3.8) is 0 Å². The first-order valence-electron chi connectivity index (χ1n) is 7.19. The topological polar surface area (TPSA) is 40.6 Å². The molecular formula is C15H24N2O2. The second-order valence-electron chi connectivity index (χ2n) is 6.16. The molecule has 0 bridgehead atoms. The van der Waals surface area contributed by atoms with Gasteiger partial charge in [-0.3, -0.25) is 9.59 Å². The number of fused-ring (bicyclic) bond motifs is 1. The molecule has 0 aromatic rings. The molecule has 0 saturated carbocycles. The lowest BCUT2D eigenvalue weighted by Gasteiger charge is -2.48. The van der Waals surface area contributed by atoms with Crippen LogP contribution in [0.15, 0.2) is 12.2 Å². The Kier molecular flexibility index (Phi) is 3.97. The minimum atomic E-state index is -0.321. The predicted octanol–water partition coefficient (Wildman–Crippen LogP) is 1.81. The minimum absolute atomic E-state index is 0.112. The Morgan fingerprint density at radius 3 is 2.58 bits per heavy atom. The number of carbonyl (C=O) groups excluding carboxylic acids is 2. The summed E-state index contributed by atoms with van der Waals surface area (Å²) in [5, 5.41) is 0. The first kappa shape index (κ1) is 14.1. The number of nitrogens with zero attached hydrogens (tertiary/aromatic N) is 2. The van der Waals surface area contributed by atoms with Crippen molar-refractivity contribution < 1.29 is 9.59 Å². The summed E-state index contributed by atoms with van der Waals surface area (Å²) in [5.41, 5.74) is 0.927. The van der Waals surface area contributed by atoms with Crippen LogP contribution in [-0.2, 0) is 9.59 Å². The van der Waals surface area contributed by atoms with Crippen molar-refractivity contribution in [3.05, 3.63) is 12.2 Å². The maximum atomic E-state index is 12.6. The molecule has 2 heterocycles. The molecule has 4 nitrogen and oxygen atoms in total. The van der Waals surface area contributed by atoms with Gasteiger partial charge in [-0.25, -0.2) is 0 Å². The maximum absolute atomic E-state index is 12.6. The van der Waals surface area contributed by atoms with Crippen LogP contribution in [0.25, 0.3) is 0 Å². The van der Waals surface area contributed by atoms with Crippen LogP contribution in [0.4, 0.5) is 0 Å². The smallest absolute Gasteiger partial charge is 0.246 e. The van der Waals surface area contributed by atoms with Crippen LogP contribution in [0, 0.1) is 5.92 Å². The number of amides is 2. The van der Waals surface area contributed by atoms with E-state index in [1.54, 1.807) is 4.90 Å². The number of piperazine rings is 1.